The van der Waals surface area contributed by atoms with Crippen LogP contribution in [0.15, 0.2) is 23.1 Å². The van der Waals surface area contributed by atoms with Crippen molar-refractivity contribution in [1.29, 1.82) is 0 Å². The molecule has 0 aromatic heterocycles. The normalized spacial score (nSPS) is 21.0. The van der Waals surface area contributed by atoms with Gasteiger partial charge in [0.2, 0.25) is 10.0 Å². The second kappa shape index (κ2) is 6.58. The fourth-order valence-electron chi connectivity index (χ4n) is 2.18. The summed E-state index contributed by atoms with van der Waals surface area (Å²) in [4.78, 5) is 0.280. The van der Waals surface area contributed by atoms with Crippen molar-refractivity contribution in [3.8, 4) is 0 Å². The first-order chi connectivity index (χ1) is 9.82. The summed E-state index contributed by atoms with van der Waals surface area (Å²) in [6.07, 6.45) is 0.538. The van der Waals surface area contributed by atoms with E-state index in [0.717, 1.165) is 0 Å². The van der Waals surface area contributed by atoms with E-state index in [1.807, 2.05) is 6.92 Å². The Morgan fingerprint density at radius 1 is 1.52 bits per heavy atom. The van der Waals surface area contributed by atoms with Gasteiger partial charge in [-0.1, -0.05) is 23.8 Å². The zero-order chi connectivity index (χ0) is 15.6. The number of rotatable bonds is 3. The second-order valence-electron chi connectivity index (χ2n) is 4.90. The van der Waals surface area contributed by atoms with E-state index in [2.05, 4.69) is 0 Å². The Bertz CT molecular complexity index is 649. The summed E-state index contributed by atoms with van der Waals surface area (Å²) in [5, 5.41) is 0.239. The molecule has 21 heavy (non-hydrogen) atoms. The van der Waals surface area contributed by atoms with Crippen molar-refractivity contribution in [2.75, 3.05) is 19.7 Å². The number of ether oxygens (including phenoxy) is 1. The summed E-state index contributed by atoms with van der Waals surface area (Å²) >= 11 is 10.9. The van der Waals surface area contributed by atoms with Crippen molar-refractivity contribution in [2.24, 2.45) is 5.73 Å². The third kappa shape index (κ3) is 3.73. The highest BCUT2D eigenvalue weighted by Crippen LogP contribution is 2.24. The SMILES string of the molecule is CC1CN(S(=O)(=O)c2ccc(C(N)=S)c(Cl)c2)CCCO1. The van der Waals surface area contributed by atoms with Crippen LogP contribution in [0.2, 0.25) is 5.02 Å². The molecule has 1 saturated heterocycles. The minimum atomic E-state index is -3.60. The Balaban J connectivity index is 2.34. The Labute approximate surface area is 135 Å². The van der Waals surface area contributed by atoms with E-state index < -0.39 is 10.0 Å². The predicted molar refractivity (Wildman–Crippen MR) is 86.1 cm³/mol. The monoisotopic (exact) mass is 348 g/mol. The molecule has 1 aliphatic rings. The molecule has 116 valence electrons. The van der Waals surface area contributed by atoms with Gasteiger partial charge < -0.3 is 10.5 Å². The number of sulfonamides is 1. The molecule has 1 aromatic rings. The smallest absolute Gasteiger partial charge is 0.243 e. The van der Waals surface area contributed by atoms with Crippen LogP contribution in [0.1, 0.15) is 18.9 Å². The quantitative estimate of drug-likeness (QED) is 0.843. The van der Waals surface area contributed by atoms with E-state index in [1.165, 1.54) is 22.5 Å². The van der Waals surface area contributed by atoms with E-state index in [1.54, 1.807) is 0 Å². The molecule has 0 saturated carbocycles. The van der Waals surface area contributed by atoms with E-state index in [4.69, 9.17) is 34.3 Å². The molecular formula is C13H17ClN2O3S2. The fraction of sp³-hybridized carbons (Fsp3) is 0.462. The van der Waals surface area contributed by atoms with Crippen LogP contribution in [-0.4, -0.2) is 43.5 Å². The standard InChI is InChI=1S/C13H17ClN2O3S2/c1-9-8-16(5-2-6-19-9)21(17,18)10-3-4-11(13(15)20)12(14)7-10/h3-4,7,9H,2,5-6,8H2,1H3,(H2,15,20). The van der Waals surface area contributed by atoms with Crippen molar-refractivity contribution < 1.29 is 13.2 Å². The maximum Gasteiger partial charge on any atom is 0.243 e. The van der Waals surface area contributed by atoms with Gasteiger partial charge in [0.25, 0.3) is 0 Å². The van der Waals surface area contributed by atoms with Crippen LogP contribution in [0, 0.1) is 0 Å². The van der Waals surface area contributed by atoms with Crippen LogP contribution in [0.5, 0.6) is 0 Å². The van der Waals surface area contributed by atoms with Crippen molar-refractivity contribution >= 4 is 38.8 Å². The zero-order valence-electron chi connectivity index (χ0n) is 11.6. The molecular weight excluding hydrogens is 332 g/mol. The first-order valence-corrected chi connectivity index (χ1v) is 8.76. The third-order valence-electron chi connectivity index (χ3n) is 3.26. The molecule has 1 unspecified atom stereocenters. The van der Waals surface area contributed by atoms with Gasteiger partial charge in [-0.15, -0.1) is 0 Å². The number of hydrogen-bond donors (Lipinski definition) is 1. The van der Waals surface area contributed by atoms with Crippen molar-refractivity contribution in [2.45, 2.75) is 24.3 Å². The first-order valence-electron chi connectivity index (χ1n) is 6.53. The molecule has 1 atom stereocenters. The van der Waals surface area contributed by atoms with Gasteiger partial charge in [0.05, 0.1) is 16.0 Å². The average molecular weight is 349 g/mol. The molecule has 0 aliphatic carbocycles. The Morgan fingerprint density at radius 2 is 2.24 bits per heavy atom. The van der Waals surface area contributed by atoms with E-state index in [0.29, 0.717) is 31.7 Å². The van der Waals surface area contributed by atoms with Crippen molar-refractivity contribution in [3.05, 3.63) is 28.8 Å². The molecule has 1 aromatic carbocycles. The van der Waals surface area contributed by atoms with Gasteiger partial charge in [0.15, 0.2) is 0 Å². The van der Waals surface area contributed by atoms with E-state index >= 15 is 0 Å². The summed E-state index contributed by atoms with van der Waals surface area (Å²) in [6, 6.07) is 4.41. The minimum absolute atomic E-state index is 0.131. The lowest BCUT2D eigenvalue weighted by Gasteiger charge is -2.22. The van der Waals surface area contributed by atoms with Crippen LogP contribution < -0.4 is 5.73 Å². The van der Waals surface area contributed by atoms with E-state index in [9.17, 15) is 8.42 Å². The Morgan fingerprint density at radius 3 is 2.86 bits per heavy atom. The lowest BCUT2D eigenvalue weighted by Crippen LogP contribution is -2.36. The van der Waals surface area contributed by atoms with Crippen LogP contribution in [-0.2, 0) is 14.8 Å². The van der Waals surface area contributed by atoms with Crippen LogP contribution in [0.25, 0.3) is 0 Å². The summed E-state index contributed by atoms with van der Waals surface area (Å²) in [5.41, 5.74) is 6.00. The van der Waals surface area contributed by atoms with Gasteiger partial charge >= 0.3 is 0 Å². The summed E-state index contributed by atoms with van der Waals surface area (Å²) < 4.78 is 32.2. The number of halogens is 1. The highest BCUT2D eigenvalue weighted by molar-refractivity contribution is 7.89. The summed E-state index contributed by atoms with van der Waals surface area (Å²) in [6.45, 7) is 3.18. The highest BCUT2D eigenvalue weighted by atomic mass is 35.5. The summed E-state index contributed by atoms with van der Waals surface area (Å²) in [7, 11) is -3.60. The maximum absolute atomic E-state index is 12.7. The fourth-order valence-corrected chi connectivity index (χ4v) is 4.34. The van der Waals surface area contributed by atoms with Crippen LogP contribution in [0.4, 0.5) is 0 Å². The predicted octanol–water partition coefficient (Wildman–Crippen LogP) is 1.77. The summed E-state index contributed by atoms with van der Waals surface area (Å²) in [5.74, 6) is 0. The van der Waals surface area contributed by atoms with Gasteiger partial charge in [-0.3, -0.25) is 0 Å². The molecule has 1 heterocycles. The minimum Gasteiger partial charge on any atom is -0.389 e. The van der Waals surface area contributed by atoms with Crippen LogP contribution >= 0.6 is 23.8 Å². The molecule has 8 heteroatoms. The molecule has 0 bridgehead atoms. The Kier molecular flexibility index (Phi) is 5.21. The zero-order valence-corrected chi connectivity index (χ0v) is 14.0. The molecule has 5 nitrogen and oxygen atoms in total. The lowest BCUT2D eigenvalue weighted by molar-refractivity contribution is 0.0752. The average Bonchev–Trinajstić information content (AvgIpc) is 2.63. The molecule has 2 rings (SSSR count). The van der Waals surface area contributed by atoms with Gasteiger partial charge in [-0.2, -0.15) is 4.31 Å². The number of nitrogens with two attached hydrogens (primary N) is 1. The molecule has 2 N–H and O–H groups in total. The topological polar surface area (TPSA) is 72.6 Å². The number of hydrogen-bond acceptors (Lipinski definition) is 4. The number of nitrogens with zero attached hydrogens (tertiary/aromatic N) is 1. The van der Waals surface area contributed by atoms with Gasteiger partial charge in [0.1, 0.15) is 4.99 Å². The largest absolute Gasteiger partial charge is 0.389 e. The van der Waals surface area contributed by atoms with Crippen molar-refractivity contribution in [1.82, 2.24) is 4.31 Å². The number of benzene rings is 1. The first kappa shape index (κ1) is 16.6. The van der Waals surface area contributed by atoms with Crippen LogP contribution in [0.3, 0.4) is 0 Å². The highest BCUT2D eigenvalue weighted by Gasteiger charge is 2.28. The second-order valence-corrected chi connectivity index (χ2v) is 7.69. The molecule has 0 radical (unpaired) electrons. The third-order valence-corrected chi connectivity index (χ3v) is 5.65. The van der Waals surface area contributed by atoms with E-state index in [-0.39, 0.29) is 21.0 Å². The molecule has 0 amide bonds. The molecule has 1 fully saturated rings. The Hall–Kier alpha value is -0.730. The molecule has 0 spiro atoms. The van der Waals surface area contributed by atoms with Gasteiger partial charge in [-0.25, -0.2) is 8.42 Å². The number of thiocarbonyl (C=S) groups is 1. The van der Waals surface area contributed by atoms with Gasteiger partial charge in [0, 0.05) is 25.3 Å². The maximum atomic E-state index is 12.7. The molecule has 1 aliphatic heterocycles. The van der Waals surface area contributed by atoms with Crippen molar-refractivity contribution in [3.63, 3.8) is 0 Å². The van der Waals surface area contributed by atoms with Gasteiger partial charge in [-0.05, 0) is 31.5 Å². The lowest BCUT2D eigenvalue weighted by atomic mass is 10.2.